The lowest BCUT2D eigenvalue weighted by Crippen LogP contribution is -2.52. The number of nitrogens with one attached hydrogen (secondary N) is 2. The first-order valence-corrected chi connectivity index (χ1v) is 8.26. The van der Waals surface area contributed by atoms with Gasteiger partial charge in [-0.3, -0.25) is 14.9 Å². The summed E-state index contributed by atoms with van der Waals surface area (Å²) in [5, 5.41) is 12.5. The number of thiophene rings is 1. The zero-order valence-electron chi connectivity index (χ0n) is 10.9. The van der Waals surface area contributed by atoms with Gasteiger partial charge in [0.1, 0.15) is 15.8 Å². The van der Waals surface area contributed by atoms with Crippen LogP contribution in [0.5, 0.6) is 0 Å². The van der Waals surface area contributed by atoms with E-state index in [9.17, 15) is 22.8 Å². The number of piperidine rings is 1. The number of rotatable bonds is 4. The third-order valence-electron chi connectivity index (χ3n) is 2.92. The van der Waals surface area contributed by atoms with E-state index in [1.54, 1.807) is 0 Å². The van der Waals surface area contributed by atoms with Crippen molar-refractivity contribution < 1.29 is 27.9 Å². The van der Waals surface area contributed by atoms with Crippen LogP contribution in [0, 0.1) is 6.92 Å². The second kappa shape index (κ2) is 5.54. The minimum absolute atomic E-state index is 0.0212. The van der Waals surface area contributed by atoms with Gasteiger partial charge in [-0.1, -0.05) is 0 Å². The van der Waals surface area contributed by atoms with E-state index in [2.05, 4.69) is 4.72 Å². The fourth-order valence-corrected chi connectivity index (χ4v) is 4.83. The molecule has 10 heteroatoms. The molecule has 0 aromatic carbocycles. The Bertz CT molecular complexity index is 721. The highest BCUT2D eigenvalue weighted by Gasteiger charge is 2.34. The topological polar surface area (TPSA) is 130 Å². The molecule has 2 amide bonds. The van der Waals surface area contributed by atoms with Gasteiger partial charge < -0.3 is 5.11 Å². The zero-order chi connectivity index (χ0) is 15.8. The van der Waals surface area contributed by atoms with Gasteiger partial charge in [0, 0.05) is 6.42 Å². The van der Waals surface area contributed by atoms with Crippen LogP contribution in [0.1, 0.15) is 28.1 Å². The minimum Gasteiger partial charge on any atom is -0.477 e. The van der Waals surface area contributed by atoms with E-state index in [0.29, 0.717) is 0 Å². The molecule has 1 fully saturated rings. The number of amides is 2. The molecule has 1 unspecified atom stereocenters. The number of carbonyl (C=O) groups is 3. The molecule has 114 valence electrons. The van der Waals surface area contributed by atoms with Crippen LogP contribution in [0.25, 0.3) is 0 Å². The summed E-state index contributed by atoms with van der Waals surface area (Å²) in [5.74, 6) is -2.55. The van der Waals surface area contributed by atoms with Crippen LogP contribution >= 0.6 is 11.3 Å². The molecule has 1 aromatic heterocycles. The van der Waals surface area contributed by atoms with E-state index in [-0.39, 0.29) is 28.2 Å². The molecule has 21 heavy (non-hydrogen) atoms. The molecule has 1 atom stereocenters. The van der Waals surface area contributed by atoms with Gasteiger partial charge in [0.05, 0.1) is 0 Å². The number of sulfonamides is 1. The number of hydrogen-bond donors (Lipinski definition) is 3. The van der Waals surface area contributed by atoms with Crippen molar-refractivity contribution in [2.45, 2.75) is 30.7 Å². The number of aromatic carboxylic acids is 1. The lowest BCUT2D eigenvalue weighted by atomic mass is 10.1. The summed E-state index contributed by atoms with van der Waals surface area (Å²) in [5.41, 5.74) is 0.289. The molecule has 1 saturated heterocycles. The predicted octanol–water partition coefficient (Wildman–Crippen LogP) is -0.162. The number of carboxylic acid groups (broad SMARTS) is 1. The summed E-state index contributed by atoms with van der Waals surface area (Å²) in [4.78, 5) is 33.0. The van der Waals surface area contributed by atoms with Gasteiger partial charge in [0.15, 0.2) is 0 Å². The number of aryl methyl sites for hydroxylation is 1. The van der Waals surface area contributed by atoms with Gasteiger partial charge in [-0.25, -0.2) is 13.2 Å². The molecule has 0 saturated carbocycles. The van der Waals surface area contributed by atoms with Crippen LogP contribution < -0.4 is 10.0 Å². The quantitative estimate of drug-likeness (QED) is 0.657. The summed E-state index contributed by atoms with van der Waals surface area (Å²) in [7, 11) is -4.17. The van der Waals surface area contributed by atoms with E-state index >= 15 is 0 Å². The number of carbonyl (C=O) groups excluding carboxylic acids is 2. The molecule has 1 aliphatic rings. The molecule has 1 aliphatic heterocycles. The highest BCUT2D eigenvalue weighted by molar-refractivity contribution is 7.89. The van der Waals surface area contributed by atoms with Gasteiger partial charge >= 0.3 is 5.97 Å². The molecule has 0 bridgehead atoms. The first-order valence-electron chi connectivity index (χ1n) is 5.90. The van der Waals surface area contributed by atoms with Crippen molar-refractivity contribution in [3.05, 3.63) is 15.8 Å². The lowest BCUT2D eigenvalue weighted by Gasteiger charge is -2.21. The monoisotopic (exact) mass is 332 g/mol. The zero-order valence-corrected chi connectivity index (χ0v) is 12.5. The summed E-state index contributed by atoms with van der Waals surface area (Å²) >= 11 is 0.801. The predicted molar refractivity (Wildman–Crippen MR) is 72.5 cm³/mol. The third kappa shape index (κ3) is 3.12. The third-order valence-corrected chi connectivity index (χ3v) is 5.79. The Morgan fingerprint density at radius 3 is 2.71 bits per heavy atom. The molecule has 0 aliphatic carbocycles. The molecule has 1 aromatic rings. The van der Waals surface area contributed by atoms with Crippen LogP contribution in [0.2, 0.25) is 0 Å². The molecule has 0 radical (unpaired) electrons. The largest absolute Gasteiger partial charge is 0.477 e. The maximum absolute atomic E-state index is 12.3. The van der Waals surface area contributed by atoms with E-state index in [1.165, 1.54) is 12.3 Å². The van der Waals surface area contributed by atoms with Crippen molar-refractivity contribution in [1.29, 1.82) is 0 Å². The van der Waals surface area contributed by atoms with E-state index < -0.39 is 33.8 Å². The number of hydrogen-bond acceptors (Lipinski definition) is 6. The average molecular weight is 332 g/mol. The molecule has 0 spiro atoms. The van der Waals surface area contributed by atoms with Crippen LogP contribution in [0.15, 0.2) is 10.3 Å². The van der Waals surface area contributed by atoms with Crippen molar-refractivity contribution in [2.75, 3.05) is 0 Å². The van der Waals surface area contributed by atoms with E-state index in [0.717, 1.165) is 11.3 Å². The summed E-state index contributed by atoms with van der Waals surface area (Å²) in [6.45, 7) is 1.47. The Hall–Kier alpha value is -1.78. The van der Waals surface area contributed by atoms with Crippen molar-refractivity contribution in [1.82, 2.24) is 10.0 Å². The summed E-state index contributed by atoms with van der Waals surface area (Å²) in [6.07, 6.45) is 0.0584. The van der Waals surface area contributed by atoms with Crippen LogP contribution in [0.4, 0.5) is 0 Å². The fraction of sp³-hybridized carbons (Fsp3) is 0.364. The Kier molecular flexibility index (Phi) is 4.12. The smallest absolute Gasteiger partial charge is 0.347 e. The van der Waals surface area contributed by atoms with Crippen LogP contribution in [0.3, 0.4) is 0 Å². The molecular weight excluding hydrogens is 320 g/mol. The maximum Gasteiger partial charge on any atom is 0.347 e. The normalized spacial score (nSPS) is 19.4. The molecule has 2 heterocycles. The summed E-state index contributed by atoms with van der Waals surface area (Å²) < 4.78 is 26.8. The van der Waals surface area contributed by atoms with Gasteiger partial charge in [-0.15, -0.1) is 11.3 Å². The number of carboxylic acids is 1. The molecule has 3 N–H and O–H groups in total. The number of imide groups is 1. The van der Waals surface area contributed by atoms with Gasteiger partial charge in [-0.05, 0) is 24.3 Å². The summed E-state index contributed by atoms with van der Waals surface area (Å²) in [6, 6.07) is -1.09. The van der Waals surface area contributed by atoms with Gasteiger partial charge in [0.2, 0.25) is 21.8 Å². The Balaban J connectivity index is 2.31. The first-order chi connectivity index (χ1) is 9.72. The molecular formula is C11H12N2O6S2. The van der Waals surface area contributed by atoms with Crippen molar-refractivity contribution in [3.63, 3.8) is 0 Å². The SMILES string of the molecule is Cc1csc(C(=O)O)c1S(=O)(=O)NC1CCC(=O)NC1=O. The molecule has 8 nitrogen and oxygen atoms in total. The van der Waals surface area contributed by atoms with Gasteiger partial charge in [-0.2, -0.15) is 4.72 Å². The Labute approximate surface area is 124 Å². The maximum atomic E-state index is 12.3. The lowest BCUT2D eigenvalue weighted by molar-refractivity contribution is -0.134. The molecule has 2 rings (SSSR count). The van der Waals surface area contributed by atoms with Gasteiger partial charge in [0.25, 0.3) is 0 Å². The van der Waals surface area contributed by atoms with Crippen molar-refractivity contribution in [2.24, 2.45) is 0 Å². The minimum atomic E-state index is -4.17. The highest BCUT2D eigenvalue weighted by Crippen LogP contribution is 2.27. The van der Waals surface area contributed by atoms with Crippen LogP contribution in [-0.2, 0) is 19.6 Å². The Morgan fingerprint density at radius 1 is 1.48 bits per heavy atom. The van der Waals surface area contributed by atoms with E-state index in [1.807, 2.05) is 5.32 Å². The average Bonchev–Trinajstić information content (AvgIpc) is 2.76. The Morgan fingerprint density at radius 2 is 2.14 bits per heavy atom. The standard InChI is InChI=1S/C11H12N2O6S2/c1-5-4-20-8(11(16)17)9(5)21(18,19)13-6-2-3-7(14)12-10(6)15/h4,6,13H,2-3H2,1H3,(H,16,17)(H,12,14,15). The van der Waals surface area contributed by atoms with Crippen LogP contribution in [-0.4, -0.2) is 37.3 Å². The first kappa shape index (κ1) is 15.6. The van der Waals surface area contributed by atoms with Crippen molar-refractivity contribution >= 4 is 39.1 Å². The second-order valence-corrected chi connectivity index (χ2v) is 7.04. The van der Waals surface area contributed by atoms with Crippen molar-refractivity contribution in [3.8, 4) is 0 Å². The second-order valence-electron chi connectivity index (χ2n) is 4.51. The highest BCUT2D eigenvalue weighted by atomic mass is 32.2. The fourth-order valence-electron chi connectivity index (χ4n) is 1.97. The van der Waals surface area contributed by atoms with E-state index in [4.69, 9.17) is 5.11 Å².